The van der Waals surface area contributed by atoms with Crippen molar-refractivity contribution in [2.24, 2.45) is 11.8 Å². The number of amides is 2. The predicted octanol–water partition coefficient (Wildman–Crippen LogP) is 1.27. The van der Waals surface area contributed by atoms with E-state index in [1.54, 1.807) is 6.92 Å². The Morgan fingerprint density at radius 3 is 2.11 bits per heavy atom. The molecule has 0 radical (unpaired) electrons. The van der Waals surface area contributed by atoms with E-state index < -0.39 is 17.7 Å². The molecule has 0 spiro atoms. The Kier molecular flexibility index (Phi) is 8.03. The van der Waals surface area contributed by atoms with E-state index in [2.05, 4.69) is 10.6 Å². The molecule has 0 aromatic carbocycles. The first-order chi connectivity index (χ1) is 8.77. The molecule has 0 aromatic rings. The topological polar surface area (TPSA) is 75.3 Å². The molecule has 2 unspecified atom stereocenters. The lowest BCUT2D eigenvalue weighted by molar-refractivity contribution is -0.139. The number of Topliss-reactive ketones (excluding diaryl/α,β-unsaturated/α-hetero) is 1. The highest BCUT2D eigenvalue weighted by atomic mass is 16.2. The maximum atomic E-state index is 11.6. The van der Waals surface area contributed by atoms with Gasteiger partial charge in [-0.05, 0) is 18.8 Å². The molecule has 0 saturated carbocycles. The van der Waals surface area contributed by atoms with Crippen molar-refractivity contribution >= 4 is 17.6 Å². The molecule has 0 aromatic heterocycles. The van der Waals surface area contributed by atoms with E-state index >= 15 is 0 Å². The number of hydrogen-bond acceptors (Lipinski definition) is 3. The van der Waals surface area contributed by atoms with Crippen molar-refractivity contribution in [1.82, 2.24) is 10.6 Å². The van der Waals surface area contributed by atoms with E-state index in [1.807, 2.05) is 27.7 Å². The highest BCUT2D eigenvalue weighted by Gasteiger charge is 2.21. The van der Waals surface area contributed by atoms with Gasteiger partial charge in [-0.25, -0.2) is 0 Å². The molecule has 0 aliphatic heterocycles. The molecule has 0 saturated heterocycles. The molecule has 2 amide bonds. The van der Waals surface area contributed by atoms with E-state index in [0.717, 1.165) is 6.42 Å². The molecular weight excluding hydrogens is 244 g/mol. The second-order valence-electron chi connectivity index (χ2n) is 5.47. The molecule has 5 nitrogen and oxygen atoms in total. The van der Waals surface area contributed by atoms with Crippen LogP contribution in [-0.4, -0.2) is 30.2 Å². The third kappa shape index (κ3) is 7.59. The first-order valence-electron chi connectivity index (χ1n) is 6.89. The van der Waals surface area contributed by atoms with Gasteiger partial charge in [0, 0.05) is 13.0 Å². The van der Waals surface area contributed by atoms with Crippen LogP contribution in [0.1, 0.15) is 47.5 Å². The molecule has 0 aliphatic carbocycles. The summed E-state index contributed by atoms with van der Waals surface area (Å²) < 4.78 is 0. The normalized spacial score (nSPS) is 13.8. The fourth-order valence-electron chi connectivity index (χ4n) is 1.35. The molecule has 0 heterocycles. The third-order valence-electron chi connectivity index (χ3n) is 2.91. The van der Waals surface area contributed by atoms with Gasteiger partial charge in [0.15, 0.2) is 0 Å². The third-order valence-corrected chi connectivity index (χ3v) is 2.91. The molecule has 0 bridgehead atoms. The Morgan fingerprint density at radius 1 is 1.05 bits per heavy atom. The van der Waals surface area contributed by atoms with Crippen LogP contribution in [0.3, 0.4) is 0 Å². The van der Waals surface area contributed by atoms with Crippen LogP contribution < -0.4 is 10.6 Å². The Labute approximate surface area is 115 Å². The molecular formula is C14H26N2O3. The van der Waals surface area contributed by atoms with Crippen molar-refractivity contribution < 1.29 is 14.4 Å². The smallest absolute Gasteiger partial charge is 0.288 e. The van der Waals surface area contributed by atoms with Crippen molar-refractivity contribution in [1.29, 1.82) is 0 Å². The first-order valence-corrected chi connectivity index (χ1v) is 6.89. The Balaban J connectivity index is 4.17. The van der Waals surface area contributed by atoms with Gasteiger partial charge in [0.1, 0.15) is 6.04 Å². The maximum absolute atomic E-state index is 11.6. The summed E-state index contributed by atoms with van der Waals surface area (Å²) in [4.78, 5) is 34.8. The van der Waals surface area contributed by atoms with Gasteiger partial charge in [-0.1, -0.05) is 34.1 Å². The summed E-state index contributed by atoms with van der Waals surface area (Å²) in [5.74, 6) is -0.869. The van der Waals surface area contributed by atoms with Crippen molar-refractivity contribution in [3.63, 3.8) is 0 Å². The van der Waals surface area contributed by atoms with E-state index in [4.69, 9.17) is 0 Å². The van der Waals surface area contributed by atoms with Gasteiger partial charge < -0.3 is 10.6 Å². The lowest BCUT2D eigenvalue weighted by Crippen LogP contribution is -2.47. The van der Waals surface area contributed by atoms with E-state index in [0.29, 0.717) is 12.5 Å². The zero-order chi connectivity index (χ0) is 15.0. The van der Waals surface area contributed by atoms with Crippen molar-refractivity contribution in [3.05, 3.63) is 0 Å². The fourth-order valence-corrected chi connectivity index (χ4v) is 1.35. The van der Waals surface area contributed by atoms with Gasteiger partial charge in [0.25, 0.3) is 5.91 Å². The van der Waals surface area contributed by atoms with Crippen LogP contribution in [0.5, 0.6) is 0 Å². The second-order valence-corrected chi connectivity index (χ2v) is 5.47. The minimum absolute atomic E-state index is 0.184. The van der Waals surface area contributed by atoms with E-state index in [9.17, 15) is 14.4 Å². The second kappa shape index (κ2) is 8.67. The van der Waals surface area contributed by atoms with Crippen LogP contribution >= 0.6 is 0 Å². The first kappa shape index (κ1) is 17.6. The number of carbonyl (C=O) groups is 3. The highest BCUT2D eigenvalue weighted by Crippen LogP contribution is 2.06. The summed E-state index contributed by atoms with van der Waals surface area (Å²) in [7, 11) is 0. The Morgan fingerprint density at radius 2 is 1.63 bits per heavy atom. The predicted molar refractivity (Wildman–Crippen MR) is 74.5 cm³/mol. The zero-order valence-electron chi connectivity index (χ0n) is 12.6. The lowest BCUT2D eigenvalue weighted by Gasteiger charge is -2.15. The molecule has 0 fully saturated rings. The number of ketones is 1. The largest absolute Gasteiger partial charge is 0.354 e. The lowest BCUT2D eigenvalue weighted by atomic mass is 10.0. The molecule has 5 heteroatoms. The molecule has 19 heavy (non-hydrogen) atoms. The standard InChI is InChI=1S/C14H26N2O3/c1-6-10(4)7-12(17)14(19)16-11(5)13(18)15-8-9(2)3/h9-11H,6-8H2,1-5H3,(H,15,18)(H,16,19). The number of nitrogens with one attached hydrogen (secondary N) is 2. The van der Waals surface area contributed by atoms with Gasteiger partial charge >= 0.3 is 0 Å². The maximum Gasteiger partial charge on any atom is 0.288 e. The van der Waals surface area contributed by atoms with Crippen LogP contribution in [0.15, 0.2) is 0 Å². The number of carbonyl (C=O) groups excluding carboxylic acids is 3. The molecule has 110 valence electrons. The van der Waals surface area contributed by atoms with E-state index in [1.165, 1.54) is 0 Å². The van der Waals surface area contributed by atoms with Crippen LogP contribution in [0.2, 0.25) is 0 Å². The monoisotopic (exact) mass is 270 g/mol. The van der Waals surface area contributed by atoms with Gasteiger partial charge in [-0.15, -0.1) is 0 Å². The van der Waals surface area contributed by atoms with Gasteiger partial charge in [-0.2, -0.15) is 0 Å². The molecule has 2 N–H and O–H groups in total. The zero-order valence-corrected chi connectivity index (χ0v) is 12.6. The fraction of sp³-hybridized carbons (Fsp3) is 0.786. The summed E-state index contributed by atoms with van der Waals surface area (Å²) in [5, 5.41) is 5.15. The highest BCUT2D eigenvalue weighted by molar-refractivity contribution is 6.36. The van der Waals surface area contributed by atoms with Gasteiger partial charge in [0.2, 0.25) is 11.7 Å². The van der Waals surface area contributed by atoms with Crippen LogP contribution in [0, 0.1) is 11.8 Å². The minimum atomic E-state index is -0.688. The average molecular weight is 270 g/mol. The number of rotatable bonds is 8. The summed E-state index contributed by atoms with van der Waals surface area (Å²) in [6, 6.07) is -0.688. The molecule has 2 atom stereocenters. The summed E-state index contributed by atoms with van der Waals surface area (Å²) >= 11 is 0. The van der Waals surface area contributed by atoms with Crippen LogP contribution in [-0.2, 0) is 14.4 Å². The van der Waals surface area contributed by atoms with Crippen molar-refractivity contribution in [2.75, 3.05) is 6.54 Å². The molecule has 0 aliphatic rings. The van der Waals surface area contributed by atoms with Gasteiger partial charge in [0.05, 0.1) is 0 Å². The Bertz CT molecular complexity index is 327. The van der Waals surface area contributed by atoms with Crippen LogP contribution in [0.25, 0.3) is 0 Å². The Hall–Kier alpha value is -1.39. The number of hydrogen-bond donors (Lipinski definition) is 2. The molecule has 0 rings (SSSR count). The SMILES string of the molecule is CCC(C)CC(=O)C(=O)NC(C)C(=O)NCC(C)C. The van der Waals surface area contributed by atoms with Gasteiger partial charge in [-0.3, -0.25) is 14.4 Å². The summed E-state index contributed by atoms with van der Waals surface area (Å²) in [6.07, 6.45) is 1.08. The average Bonchev–Trinajstić information content (AvgIpc) is 2.35. The quantitative estimate of drug-likeness (QED) is 0.652. The minimum Gasteiger partial charge on any atom is -0.354 e. The summed E-state index contributed by atoms with van der Waals surface area (Å²) in [5.41, 5.74) is 0. The van der Waals surface area contributed by atoms with Crippen LogP contribution in [0.4, 0.5) is 0 Å². The van der Waals surface area contributed by atoms with Crippen molar-refractivity contribution in [2.45, 2.75) is 53.5 Å². The summed E-state index contributed by atoms with van der Waals surface area (Å²) in [6.45, 7) is 9.99. The van der Waals surface area contributed by atoms with E-state index in [-0.39, 0.29) is 18.2 Å². The van der Waals surface area contributed by atoms with Crippen molar-refractivity contribution in [3.8, 4) is 0 Å².